The Balaban J connectivity index is 0.928. The molecule has 17 rings (SSSR count). The van der Waals surface area contributed by atoms with Crippen molar-refractivity contribution in [3.05, 3.63) is 303 Å². The van der Waals surface area contributed by atoms with Gasteiger partial charge >= 0.3 is 0 Å². The summed E-state index contributed by atoms with van der Waals surface area (Å²) in [4.78, 5) is 11.5. The third-order valence-electron chi connectivity index (χ3n) is 17.5. The number of para-hydroxylation sites is 5. The second kappa shape index (κ2) is 19.1. The number of rotatable bonds is 9. The number of nitriles is 1. The molecule has 0 saturated heterocycles. The van der Waals surface area contributed by atoms with E-state index in [9.17, 15) is 5.26 Å². The van der Waals surface area contributed by atoms with Gasteiger partial charge in [0.2, 0.25) is 0 Å². The van der Waals surface area contributed by atoms with Crippen LogP contribution < -0.4 is 20.7 Å². The van der Waals surface area contributed by atoms with Gasteiger partial charge in [0, 0.05) is 66.1 Å². The van der Waals surface area contributed by atoms with E-state index in [4.69, 9.17) is 9.97 Å². The molecular weight excluding hydrogens is 1050 g/mol. The molecule has 396 valence electrons. The predicted octanol–water partition coefficient (Wildman–Crippen LogP) is 15.8. The number of aromatic nitrogens is 6. The van der Waals surface area contributed by atoms with Crippen LogP contribution in [0.5, 0.6) is 0 Å². The van der Waals surface area contributed by atoms with E-state index in [1.54, 1.807) is 0 Å². The zero-order valence-electron chi connectivity index (χ0n) is 45.9. The van der Waals surface area contributed by atoms with Crippen LogP contribution in [0.15, 0.2) is 297 Å². The van der Waals surface area contributed by atoms with Crippen LogP contribution >= 0.6 is 0 Å². The largest absolute Gasteiger partial charge is 0.309 e. The number of hydrogen-bond donors (Lipinski definition) is 0. The molecule has 17 aromatic rings. The molecule has 0 aliphatic heterocycles. The molecule has 85 heavy (non-hydrogen) atoms. The van der Waals surface area contributed by atoms with Crippen LogP contribution in [0.2, 0.25) is 0 Å². The Labute approximate surface area is 490 Å². The Bertz CT molecular complexity index is 5420. The molecule has 7 nitrogen and oxygen atoms in total. The molecule has 0 atom stereocenters. The van der Waals surface area contributed by atoms with Crippen molar-refractivity contribution in [3.8, 4) is 40.5 Å². The quantitative estimate of drug-likeness (QED) is 0.107. The van der Waals surface area contributed by atoms with E-state index in [0.29, 0.717) is 11.4 Å². The number of nitrogens with zero attached hydrogens (tertiary/aromatic N) is 7. The van der Waals surface area contributed by atoms with Gasteiger partial charge in [0.05, 0.1) is 55.8 Å². The molecule has 8 heteroatoms. The summed E-state index contributed by atoms with van der Waals surface area (Å²) in [5.41, 5.74) is 12.3. The summed E-state index contributed by atoms with van der Waals surface area (Å²) in [7, 11) is -2.96. The van der Waals surface area contributed by atoms with Crippen LogP contribution in [0.4, 0.5) is 0 Å². The first kappa shape index (κ1) is 48.3. The molecule has 0 amide bonds. The minimum Gasteiger partial charge on any atom is -0.309 e. The smallest absolute Gasteiger partial charge is 0.179 e. The SMILES string of the molecule is N#Cc1ccc2c(c1)c1ccccc1n2-c1ccc2c(c1)c1ccccc1n2-c1cc(-n2c3ccccc3c3cc(-n4c5ccccc5c5ccccc54)ccc32)nc(-c2cccc([Si](c3ccccc3)(c3ccccc3)c3ccccc3)c2)n1. The zero-order valence-corrected chi connectivity index (χ0v) is 46.9. The van der Waals surface area contributed by atoms with Crippen molar-refractivity contribution in [1.82, 2.24) is 28.2 Å². The summed E-state index contributed by atoms with van der Waals surface area (Å²) in [6.45, 7) is 0. The van der Waals surface area contributed by atoms with Crippen molar-refractivity contribution in [2.45, 2.75) is 0 Å². The Hall–Kier alpha value is -11.4. The maximum atomic E-state index is 9.96. The molecule has 0 bridgehead atoms. The summed E-state index contributed by atoms with van der Waals surface area (Å²) in [5.74, 6) is 2.11. The number of benzene rings is 12. The van der Waals surface area contributed by atoms with Gasteiger partial charge in [-0.05, 0) is 106 Å². The number of hydrogen-bond acceptors (Lipinski definition) is 3. The topological polar surface area (TPSA) is 69.3 Å². The summed E-state index contributed by atoms with van der Waals surface area (Å²) < 4.78 is 9.38. The van der Waals surface area contributed by atoms with E-state index >= 15 is 0 Å². The van der Waals surface area contributed by atoms with Gasteiger partial charge in [-0.1, -0.05) is 206 Å². The average Bonchev–Trinajstić information content (AvgIpc) is 2.32. The highest BCUT2D eigenvalue weighted by molar-refractivity contribution is 7.19. The number of fused-ring (bicyclic) bond motifs is 12. The zero-order chi connectivity index (χ0) is 56.2. The minimum atomic E-state index is -2.96. The van der Waals surface area contributed by atoms with Gasteiger partial charge in [-0.3, -0.25) is 9.13 Å². The minimum absolute atomic E-state index is 0.615. The van der Waals surface area contributed by atoms with Crippen LogP contribution in [-0.4, -0.2) is 36.3 Å². The monoisotopic (exact) mass is 1100 g/mol. The van der Waals surface area contributed by atoms with E-state index in [-0.39, 0.29) is 0 Å². The molecule has 12 aromatic carbocycles. The van der Waals surface area contributed by atoms with Crippen LogP contribution in [0.1, 0.15) is 5.56 Å². The van der Waals surface area contributed by atoms with Crippen LogP contribution in [0.3, 0.4) is 0 Å². The van der Waals surface area contributed by atoms with E-state index in [0.717, 1.165) is 94.0 Å². The maximum Gasteiger partial charge on any atom is 0.179 e. The Morgan fingerprint density at radius 3 is 1.05 bits per heavy atom. The highest BCUT2D eigenvalue weighted by atomic mass is 28.3. The van der Waals surface area contributed by atoms with Gasteiger partial charge in [0.15, 0.2) is 13.9 Å². The van der Waals surface area contributed by atoms with Crippen LogP contribution in [-0.2, 0) is 0 Å². The first-order valence-electron chi connectivity index (χ1n) is 28.8. The second-order valence-electron chi connectivity index (χ2n) is 22.0. The van der Waals surface area contributed by atoms with Crippen molar-refractivity contribution >= 4 is 116 Å². The van der Waals surface area contributed by atoms with Crippen molar-refractivity contribution in [2.75, 3.05) is 0 Å². The summed E-state index contributed by atoms with van der Waals surface area (Å²) in [6, 6.07) is 110. The first-order valence-corrected chi connectivity index (χ1v) is 30.8. The van der Waals surface area contributed by atoms with Crippen LogP contribution in [0, 0.1) is 11.3 Å². The third kappa shape index (κ3) is 7.31. The summed E-state index contributed by atoms with van der Waals surface area (Å²) in [6.07, 6.45) is 0. The molecule has 0 saturated carbocycles. The van der Waals surface area contributed by atoms with Gasteiger partial charge < -0.3 is 9.13 Å². The fourth-order valence-electron chi connectivity index (χ4n) is 14.0. The average molecular weight is 1100 g/mol. The van der Waals surface area contributed by atoms with Crippen molar-refractivity contribution in [1.29, 1.82) is 5.26 Å². The lowest BCUT2D eigenvalue weighted by Crippen LogP contribution is -2.74. The lowest BCUT2D eigenvalue weighted by molar-refractivity contribution is 0.994. The van der Waals surface area contributed by atoms with Gasteiger partial charge in [-0.25, -0.2) is 9.97 Å². The van der Waals surface area contributed by atoms with Gasteiger partial charge in [0.25, 0.3) is 0 Å². The Kier molecular flexibility index (Phi) is 10.9. The highest BCUT2D eigenvalue weighted by Crippen LogP contribution is 2.40. The molecule has 0 radical (unpaired) electrons. The van der Waals surface area contributed by atoms with Gasteiger partial charge in [-0.2, -0.15) is 5.26 Å². The lowest BCUT2D eigenvalue weighted by atomic mass is 10.1. The van der Waals surface area contributed by atoms with Gasteiger partial charge in [-0.15, -0.1) is 0 Å². The van der Waals surface area contributed by atoms with E-state index in [1.165, 1.54) is 42.6 Å². The molecule has 0 N–H and O–H groups in total. The van der Waals surface area contributed by atoms with Crippen molar-refractivity contribution in [3.63, 3.8) is 0 Å². The Morgan fingerprint density at radius 2 is 0.612 bits per heavy atom. The third-order valence-corrected chi connectivity index (χ3v) is 22.3. The van der Waals surface area contributed by atoms with Crippen LogP contribution in [0.25, 0.3) is 122 Å². The second-order valence-corrected chi connectivity index (χ2v) is 25.8. The van der Waals surface area contributed by atoms with Crippen molar-refractivity contribution < 1.29 is 0 Å². The fraction of sp³-hybridized carbons (Fsp3) is 0. The van der Waals surface area contributed by atoms with E-state index in [1.807, 2.05) is 12.1 Å². The maximum absolute atomic E-state index is 9.96. The highest BCUT2D eigenvalue weighted by Gasteiger charge is 2.41. The van der Waals surface area contributed by atoms with Gasteiger partial charge in [0.1, 0.15) is 11.6 Å². The van der Waals surface area contributed by atoms with E-state index < -0.39 is 8.07 Å². The van der Waals surface area contributed by atoms with Crippen molar-refractivity contribution in [2.24, 2.45) is 0 Å². The molecule has 0 aliphatic carbocycles. The molecule has 5 heterocycles. The Morgan fingerprint density at radius 1 is 0.271 bits per heavy atom. The fourth-order valence-corrected chi connectivity index (χ4v) is 18.7. The molecule has 5 aromatic heterocycles. The first-order chi connectivity index (χ1) is 42.1. The summed E-state index contributed by atoms with van der Waals surface area (Å²) >= 11 is 0. The van der Waals surface area contributed by atoms with E-state index in [2.05, 4.69) is 309 Å². The molecule has 0 spiro atoms. The predicted molar refractivity (Wildman–Crippen MR) is 353 cm³/mol. The standard InChI is InChI=1S/C77H49N7Si/c78-50-51-39-42-72-64(45-51)61-31-12-17-36-69(61)82(72)54-41-44-74-66(48-54)63-33-14-19-38-71(63)84(74)76-49-75(83-70-37-18-13-32-62(70)65-47-53(40-43-73(65)83)81-67-34-15-10-29-59(67)60-30-11-16-35-68(60)81)79-77(80-76)52-21-20-28-58(46-52)85(55-22-4-1-5-23-55,56-24-6-2-7-25-56)57-26-8-3-9-27-57/h1-49H. The normalized spacial score (nSPS) is 12.0. The molecule has 0 fully saturated rings. The summed E-state index contributed by atoms with van der Waals surface area (Å²) in [5, 5.41) is 24.1. The molecule has 0 aliphatic rings. The lowest BCUT2D eigenvalue weighted by Gasteiger charge is -2.34. The molecular formula is C77H49N7Si. The molecule has 0 unspecified atom stereocenters.